The van der Waals surface area contributed by atoms with Crippen LogP contribution in [0.1, 0.15) is 5.56 Å². The summed E-state index contributed by atoms with van der Waals surface area (Å²) in [6, 6.07) is 7.00. The molecule has 1 aliphatic heterocycles. The van der Waals surface area contributed by atoms with Gasteiger partial charge in [-0.15, -0.1) is 17.9 Å². The average molecular weight is 495 g/mol. The number of alkyl halides is 3. The maximum absolute atomic E-state index is 13.0. The molecule has 1 aliphatic rings. The molecule has 1 saturated heterocycles. The van der Waals surface area contributed by atoms with Crippen LogP contribution < -0.4 is 10.5 Å². The monoisotopic (exact) mass is 494 g/mol. The van der Waals surface area contributed by atoms with Crippen molar-refractivity contribution in [2.45, 2.75) is 17.9 Å². The lowest BCUT2D eigenvalue weighted by Gasteiger charge is -2.36. The van der Waals surface area contributed by atoms with Crippen molar-refractivity contribution < 1.29 is 18.0 Å². The highest BCUT2D eigenvalue weighted by Gasteiger charge is 2.31. The molecule has 0 bridgehead atoms. The zero-order chi connectivity index (χ0) is 23.6. The topological polar surface area (TPSA) is 58.4 Å². The van der Waals surface area contributed by atoms with Crippen LogP contribution in [0.25, 0.3) is 10.2 Å². The van der Waals surface area contributed by atoms with Crippen molar-refractivity contribution >= 4 is 44.9 Å². The molecule has 0 aliphatic carbocycles. The van der Waals surface area contributed by atoms with Crippen LogP contribution in [0.2, 0.25) is 0 Å². The first-order valence-electron chi connectivity index (χ1n) is 10.2. The molecule has 1 fully saturated rings. The molecule has 3 heterocycles. The molecule has 6 nitrogen and oxygen atoms in total. The largest absolute Gasteiger partial charge is 0.416 e. The molecule has 3 aromatic rings. The van der Waals surface area contributed by atoms with Gasteiger partial charge >= 0.3 is 6.18 Å². The molecular formula is C22H21F3N4O2S2. The molecule has 0 saturated carbocycles. The van der Waals surface area contributed by atoms with Crippen LogP contribution in [0.5, 0.6) is 0 Å². The summed E-state index contributed by atoms with van der Waals surface area (Å²) in [5.41, 5.74) is 0.262. The number of allylic oxidation sites excluding steroid dienone is 1. The Hall–Kier alpha value is -2.79. The van der Waals surface area contributed by atoms with Crippen molar-refractivity contribution in [3.63, 3.8) is 0 Å². The van der Waals surface area contributed by atoms with E-state index in [1.165, 1.54) is 33.7 Å². The van der Waals surface area contributed by atoms with Crippen LogP contribution in [-0.2, 0) is 17.5 Å². The van der Waals surface area contributed by atoms with Gasteiger partial charge in [-0.2, -0.15) is 13.2 Å². The lowest BCUT2D eigenvalue weighted by Crippen LogP contribution is -2.49. The van der Waals surface area contributed by atoms with E-state index in [2.05, 4.69) is 11.6 Å². The Bertz CT molecular complexity index is 1230. The van der Waals surface area contributed by atoms with Gasteiger partial charge in [-0.3, -0.25) is 14.2 Å². The summed E-state index contributed by atoms with van der Waals surface area (Å²) in [5, 5.41) is 2.27. The lowest BCUT2D eigenvalue weighted by molar-refractivity contribution is -0.137. The molecule has 2 aromatic heterocycles. The number of hydrogen-bond acceptors (Lipinski definition) is 6. The molecule has 0 spiro atoms. The van der Waals surface area contributed by atoms with Crippen molar-refractivity contribution in [1.29, 1.82) is 0 Å². The molecule has 0 radical (unpaired) electrons. The normalized spacial score (nSPS) is 14.6. The minimum Gasteiger partial charge on any atom is -0.368 e. The van der Waals surface area contributed by atoms with Crippen LogP contribution in [0.4, 0.5) is 18.9 Å². The predicted octanol–water partition coefficient (Wildman–Crippen LogP) is 4.10. The van der Waals surface area contributed by atoms with Crippen molar-refractivity contribution in [2.75, 3.05) is 36.8 Å². The Balaban J connectivity index is 1.39. The van der Waals surface area contributed by atoms with Gasteiger partial charge in [0.15, 0.2) is 5.16 Å². The number of halogens is 3. The molecule has 174 valence electrons. The first-order valence-corrected chi connectivity index (χ1v) is 12.1. The highest BCUT2D eigenvalue weighted by Crippen LogP contribution is 2.32. The Kier molecular flexibility index (Phi) is 6.80. The highest BCUT2D eigenvalue weighted by molar-refractivity contribution is 7.99. The SMILES string of the molecule is C=CCn1c(SCC(=O)N2CCN(c3cccc(C(F)(F)F)c3)CC2)nc2ccsc2c1=O. The molecule has 0 unspecified atom stereocenters. The number of aromatic nitrogens is 2. The fourth-order valence-electron chi connectivity index (χ4n) is 3.63. The van der Waals surface area contributed by atoms with Gasteiger partial charge in [-0.05, 0) is 29.6 Å². The Morgan fingerprint density at radius 1 is 1.21 bits per heavy atom. The highest BCUT2D eigenvalue weighted by atomic mass is 32.2. The standard InChI is InChI=1S/C22H21F3N4O2S2/c1-2-7-29-20(31)19-17(6-12-32-19)26-21(29)33-14-18(30)28-10-8-27(9-11-28)16-5-3-4-15(13-16)22(23,24)25/h2-6,12-13H,1,7-11,14H2. The van der Waals surface area contributed by atoms with E-state index in [9.17, 15) is 22.8 Å². The second-order valence-corrected chi connectivity index (χ2v) is 9.30. The van der Waals surface area contributed by atoms with E-state index >= 15 is 0 Å². The van der Waals surface area contributed by atoms with E-state index in [1.807, 2.05) is 4.90 Å². The van der Waals surface area contributed by atoms with E-state index in [1.54, 1.807) is 28.5 Å². The summed E-state index contributed by atoms with van der Waals surface area (Å²) >= 11 is 2.53. The quantitative estimate of drug-likeness (QED) is 0.293. The van der Waals surface area contributed by atoms with Gasteiger partial charge in [0.05, 0.1) is 16.8 Å². The van der Waals surface area contributed by atoms with Gasteiger partial charge in [0.2, 0.25) is 5.91 Å². The molecular weight excluding hydrogens is 473 g/mol. The van der Waals surface area contributed by atoms with Gasteiger partial charge in [-0.25, -0.2) is 4.98 Å². The number of benzene rings is 1. The Labute approximate surface area is 196 Å². The molecule has 33 heavy (non-hydrogen) atoms. The molecule has 1 amide bonds. The minimum absolute atomic E-state index is 0.103. The summed E-state index contributed by atoms with van der Waals surface area (Å²) in [7, 11) is 0. The number of fused-ring (bicyclic) bond motifs is 1. The van der Waals surface area contributed by atoms with E-state index in [0.717, 1.165) is 12.1 Å². The number of amides is 1. The zero-order valence-electron chi connectivity index (χ0n) is 17.5. The van der Waals surface area contributed by atoms with Crippen LogP contribution in [0, 0.1) is 0 Å². The predicted molar refractivity (Wildman–Crippen MR) is 125 cm³/mol. The number of thioether (sulfide) groups is 1. The lowest BCUT2D eigenvalue weighted by atomic mass is 10.1. The smallest absolute Gasteiger partial charge is 0.368 e. The Morgan fingerprint density at radius 3 is 2.67 bits per heavy atom. The molecule has 1 aromatic carbocycles. The summed E-state index contributed by atoms with van der Waals surface area (Å²) in [6.45, 7) is 5.69. The van der Waals surface area contributed by atoms with Gasteiger partial charge in [-0.1, -0.05) is 23.9 Å². The third-order valence-corrected chi connectivity index (χ3v) is 7.19. The van der Waals surface area contributed by atoms with E-state index < -0.39 is 11.7 Å². The second-order valence-electron chi connectivity index (χ2n) is 7.44. The van der Waals surface area contributed by atoms with Gasteiger partial charge in [0.25, 0.3) is 5.56 Å². The van der Waals surface area contributed by atoms with Gasteiger partial charge in [0, 0.05) is 38.4 Å². The van der Waals surface area contributed by atoms with Crippen molar-refractivity contribution in [3.8, 4) is 0 Å². The minimum atomic E-state index is -4.39. The summed E-state index contributed by atoms with van der Waals surface area (Å²) < 4.78 is 41.1. The molecule has 4 rings (SSSR count). The summed E-state index contributed by atoms with van der Waals surface area (Å²) in [5.74, 6) is 0.0106. The number of piperazine rings is 1. The molecule has 11 heteroatoms. The first-order chi connectivity index (χ1) is 15.8. The maximum Gasteiger partial charge on any atom is 0.416 e. The fourth-order valence-corrected chi connectivity index (χ4v) is 5.32. The van der Waals surface area contributed by atoms with E-state index in [-0.39, 0.29) is 17.2 Å². The van der Waals surface area contributed by atoms with Gasteiger partial charge < -0.3 is 9.80 Å². The average Bonchev–Trinajstić information content (AvgIpc) is 3.28. The van der Waals surface area contributed by atoms with Crippen LogP contribution in [0.3, 0.4) is 0 Å². The number of rotatable bonds is 6. The van der Waals surface area contributed by atoms with Crippen molar-refractivity contribution in [1.82, 2.24) is 14.5 Å². The summed E-state index contributed by atoms with van der Waals surface area (Å²) in [6.07, 6.45) is -2.78. The van der Waals surface area contributed by atoms with E-state index in [4.69, 9.17) is 0 Å². The zero-order valence-corrected chi connectivity index (χ0v) is 19.2. The van der Waals surface area contributed by atoms with Crippen LogP contribution in [0.15, 0.2) is 58.3 Å². The van der Waals surface area contributed by atoms with Crippen molar-refractivity contribution in [2.24, 2.45) is 0 Å². The number of carbonyl (C=O) groups excluding carboxylic acids is 1. The van der Waals surface area contributed by atoms with Crippen LogP contribution in [-0.4, -0.2) is 52.3 Å². The third-order valence-electron chi connectivity index (χ3n) is 5.34. The maximum atomic E-state index is 13.0. The van der Waals surface area contributed by atoms with E-state index in [0.29, 0.717) is 53.8 Å². The van der Waals surface area contributed by atoms with Crippen molar-refractivity contribution in [3.05, 3.63) is 64.3 Å². The number of anilines is 1. The number of carbonyl (C=O) groups is 1. The fraction of sp³-hybridized carbons (Fsp3) is 0.318. The van der Waals surface area contributed by atoms with Gasteiger partial charge in [0.1, 0.15) is 4.70 Å². The van der Waals surface area contributed by atoms with Crippen LogP contribution >= 0.6 is 23.1 Å². The number of thiophene rings is 1. The third kappa shape index (κ3) is 5.09. The molecule has 0 atom stereocenters. The summed E-state index contributed by atoms with van der Waals surface area (Å²) in [4.78, 5) is 33.5. The molecule has 0 N–H and O–H groups in total. The number of nitrogens with zero attached hydrogens (tertiary/aromatic N) is 4. The number of hydrogen-bond donors (Lipinski definition) is 0. The Morgan fingerprint density at radius 2 is 1.97 bits per heavy atom. The first kappa shape index (κ1) is 23.4. The second kappa shape index (κ2) is 9.60.